The summed E-state index contributed by atoms with van der Waals surface area (Å²) in [4.78, 5) is 122. The average Bonchev–Trinajstić information content (AvgIpc) is 0.696. The second-order valence-electron chi connectivity index (χ2n) is 26.6. The third-order valence-corrected chi connectivity index (χ3v) is 20.5. The number of benzene rings is 10. The molecule has 0 N–H and O–H groups in total. The first-order valence-electron chi connectivity index (χ1n) is 35.9. The van der Waals surface area contributed by atoms with Crippen LogP contribution in [-0.4, -0.2) is 253 Å². The van der Waals surface area contributed by atoms with Crippen LogP contribution in [0.2, 0.25) is 0 Å². The first-order chi connectivity index (χ1) is 51.4. The number of carbonyl (C=O) groups is 8. The van der Waals surface area contributed by atoms with E-state index in [9.17, 15) is 38.4 Å². The Labute approximate surface area is 605 Å². The van der Waals surface area contributed by atoms with E-state index in [2.05, 4.69) is 0 Å². The fourth-order valence-electron chi connectivity index (χ4n) is 15.5. The number of carbonyl (C=O) groups excluding carboxylic acids is 8. The van der Waals surface area contributed by atoms with Gasteiger partial charge in [-0.2, -0.15) is 0 Å². The maximum absolute atomic E-state index is 14.7. The van der Waals surface area contributed by atoms with Crippen LogP contribution in [0.4, 0.5) is 0 Å². The van der Waals surface area contributed by atoms with Gasteiger partial charge in [0.15, 0.2) is 0 Å². The summed E-state index contributed by atoms with van der Waals surface area (Å²) in [7, 11) is 6.37. The van der Waals surface area contributed by atoms with Gasteiger partial charge in [0.1, 0.15) is 0 Å². The smallest absolute Gasteiger partial charge is 0.261 e. The number of amides is 8. The Hall–Kier alpha value is -9.12. The number of hydrogen-bond acceptors (Lipinski definition) is 20. The lowest BCUT2D eigenvalue weighted by Gasteiger charge is -2.34. The number of rotatable bonds is 42. The van der Waals surface area contributed by atoms with E-state index in [0.29, 0.717) is 171 Å². The molecule has 14 rings (SSSR count). The van der Waals surface area contributed by atoms with Gasteiger partial charge in [-0.25, -0.2) is 0 Å². The molecule has 10 aromatic rings. The molecule has 0 saturated carbocycles. The molecule has 4 aliphatic rings. The predicted molar refractivity (Wildman–Crippen MR) is 392 cm³/mol. The zero-order chi connectivity index (χ0) is 72.8. The number of hydrogen-bond donors (Lipinski definition) is 0. The highest BCUT2D eigenvalue weighted by atomic mass is 16.6. The Kier molecular flexibility index (Phi) is 22.7. The lowest BCUT2D eigenvalue weighted by atomic mass is 9.82. The van der Waals surface area contributed by atoms with Crippen molar-refractivity contribution in [3.8, 4) is 0 Å². The fraction of sp³-hybridized carbons (Fsp3) is 0.407. The monoisotopic (exact) mass is 1430 g/mol. The van der Waals surface area contributed by atoms with Crippen molar-refractivity contribution < 1.29 is 95.2 Å². The normalized spacial score (nSPS) is 14.7. The molecule has 10 aromatic carbocycles. The van der Waals surface area contributed by atoms with Crippen LogP contribution in [0.5, 0.6) is 0 Å². The minimum atomic E-state index is -0.777. The Balaban J connectivity index is 0.623. The highest BCUT2D eigenvalue weighted by Gasteiger charge is 2.43. The van der Waals surface area contributed by atoms with E-state index >= 15 is 0 Å². The SMILES string of the molecule is COCCOCCOCC(COCCOCCOC)N1C(=O)c2ccc3c4ccc5c6c(ccc(c7ccc(c2c37)C1=O)c64)C(=O)N(CCCCCCCN1C(=O)c2ccc3c4ccc6c7c(ccc(c8ccc(c2c38)C1=O)c74)C(=O)N(C(COCCOCCOC)COCCOCCOC)C6=O)C5=O. The van der Waals surface area contributed by atoms with Crippen molar-refractivity contribution >= 4 is 133 Å². The summed E-state index contributed by atoms with van der Waals surface area (Å²) in [5, 5.41) is 11.4. The van der Waals surface area contributed by atoms with Gasteiger partial charge in [0.2, 0.25) is 0 Å². The second-order valence-corrected chi connectivity index (χ2v) is 26.6. The van der Waals surface area contributed by atoms with E-state index in [-0.39, 0.29) is 65.9 Å². The van der Waals surface area contributed by atoms with E-state index in [0.717, 1.165) is 71.1 Å². The molecule has 548 valence electrons. The van der Waals surface area contributed by atoms with Gasteiger partial charge in [-0.1, -0.05) is 67.8 Å². The summed E-state index contributed by atoms with van der Waals surface area (Å²) in [6.07, 6.45) is 3.15. The Morgan fingerprint density at radius 3 is 0.638 bits per heavy atom. The van der Waals surface area contributed by atoms with Crippen LogP contribution in [0, 0.1) is 0 Å². The van der Waals surface area contributed by atoms with Gasteiger partial charge in [-0.3, -0.25) is 58.0 Å². The van der Waals surface area contributed by atoms with Crippen molar-refractivity contribution in [3.63, 3.8) is 0 Å². The highest BCUT2D eigenvalue weighted by Crippen LogP contribution is 2.49. The molecule has 0 unspecified atom stereocenters. The first-order valence-corrected chi connectivity index (χ1v) is 35.9. The molecule has 105 heavy (non-hydrogen) atoms. The van der Waals surface area contributed by atoms with Gasteiger partial charge < -0.3 is 56.8 Å². The molecule has 0 saturated heterocycles. The largest absolute Gasteiger partial charge is 0.382 e. The quantitative estimate of drug-likeness (QED) is 0.0149. The van der Waals surface area contributed by atoms with Crippen LogP contribution in [0.1, 0.15) is 115 Å². The molecule has 8 amide bonds. The van der Waals surface area contributed by atoms with Crippen molar-refractivity contribution in [1.82, 2.24) is 19.6 Å². The Morgan fingerprint density at radius 1 is 0.229 bits per heavy atom. The lowest BCUT2D eigenvalue weighted by Crippen LogP contribution is -2.51. The molecule has 0 spiro atoms. The number of fused-ring (bicyclic) bond motifs is 4. The summed E-state index contributed by atoms with van der Waals surface area (Å²) >= 11 is 0. The molecule has 0 atom stereocenters. The maximum Gasteiger partial charge on any atom is 0.261 e. The second kappa shape index (κ2) is 32.7. The van der Waals surface area contributed by atoms with E-state index in [1.807, 2.05) is 48.5 Å². The molecule has 24 heteroatoms. The molecule has 0 radical (unpaired) electrons. The van der Waals surface area contributed by atoms with Crippen molar-refractivity contribution in [1.29, 1.82) is 0 Å². The number of nitrogens with zero attached hydrogens (tertiary/aromatic N) is 4. The molecule has 4 aliphatic heterocycles. The van der Waals surface area contributed by atoms with Crippen LogP contribution in [0.15, 0.2) is 97.1 Å². The maximum atomic E-state index is 14.7. The van der Waals surface area contributed by atoms with E-state index in [1.165, 1.54) is 19.6 Å². The van der Waals surface area contributed by atoms with Crippen LogP contribution in [0.25, 0.3) is 86.2 Å². The fourth-order valence-corrected chi connectivity index (χ4v) is 15.5. The minimum absolute atomic E-state index is 0.00665. The molecule has 0 fully saturated rings. The molecule has 4 heterocycles. The van der Waals surface area contributed by atoms with Crippen molar-refractivity contribution in [2.24, 2.45) is 0 Å². The highest BCUT2D eigenvalue weighted by molar-refractivity contribution is 6.43. The zero-order valence-corrected chi connectivity index (χ0v) is 59.4. The molecule has 24 nitrogen and oxygen atoms in total. The van der Waals surface area contributed by atoms with Gasteiger partial charge in [0.25, 0.3) is 47.3 Å². The average molecular weight is 1430 g/mol. The Morgan fingerprint density at radius 2 is 0.419 bits per heavy atom. The summed E-state index contributed by atoms with van der Waals surface area (Å²) in [6.45, 7) is 5.78. The van der Waals surface area contributed by atoms with Crippen LogP contribution < -0.4 is 0 Å². The topological polar surface area (TPSA) is 260 Å². The predicted octanol–water partition coefficient (Wildman–Crippen LogP) is 10.3. The molecule has 0 aromatic heterocycles. The summed E-state index contributed by atoms with van der Waals surface area (Å²) in [6, 6.07) is 27.6. The zero-order valence-electron chi connectivity index (χ0n) is 59.4. The summed E-state index contributed by atoms with van der Waals surface area (Å²) < 4.78 is 66.5. The number of ether oxygens (including phenoxy) is 12. The van der Waals surface area contributed by atoms with Crippen LogP contribution >= 0.6 is 0 Å². The third-order valence-electron chi connectivity index (χ3n) is 20.5. The third kappa shape index (κ3) is 13.6. The van der Waals surface area contributed by atoms with E-state index in [1.54, 1.807) is 77.0 Å². The standard InChI is InChI=1S/C81H84N4O20/c1-94-28-32-98-36-40-102-44-48(45-103-41-37-99-33-29-95-2)84-78(90)62-22-14-54-50-10-18-58-70-59(19-11-51(66(50)70)55-15-23-63(79(84)91)72(62)68(54)55)75(87)82(74(58)86)26-8-6-5-7-9-27-83-76(88)60-20-12-52-56-16-24-64-73-65(25-17-57(69(56)73)53-13-21-61(77(83)89)71(60)67(52)53)81(93)85(80(64)92)49(46-104-42-38-100-34-30-96-3)47-105-43-39-101-35-31-97-4/h10-25,48-49H,5-9,26-47H2,1-4H3. The summed E-state index contributed by atoms with van der Waals surface area (Å²) in [5.74, 6) is -3.48. The van der Waals surface area contributed by atoms with E-state index in [4.69, 9.17) is 56.8 Å². The van der Waals surface area contributed by atoms with E-state index < -0.39 is 59.3 Å². The van der Waals surface area contributed by atoms with Crippen molar-refractivity contribution in [3.05, 3.63) is 142 Å². The van der Waals surface area contributed by atoms with Crippen molar-refractivity contribution in [2.75, 3.05) is 174 Å². The molecular weight excluding hydrogens is 1350 g/mol. The Bertz CT molecular complexity index is 4410. The van der Waals surface area contributed by atoms with Crippen LogP contribution in [0.3, 0.4) is 0 Å². The summed E-state index contributed by atoms with van der Waals surface area (Å²) in [5.41, 5.74) is 3.06. The number of imide groups is 4. The van der Waals surface area contributed by atoms with Crippen LogP contribution in [-0.2, 0) is 56.8 Å². The molecular formula is C81H84N4O20. The van der Waals surface area contributed by atoms with Gasteiger partial charge in [0.05, 0.1) is 144 Å². The molecule has 0 aliphatic carbocycles. The lowest BCUT2D eigenvalue weighted by molar-refractivity contribution is -0.0222. The van der Waals surface area contributed by atoms with Gasteiger partial charge in [-0.15, -0.1) is 0 Å². The minimum Gasteiger partial charge on any atom is -0.382 e. The van der Waals surface area contributed by atoms with Gasteiger partial charge in [0, 0.05) is 108 Å². The van der Waals surface area contributed by atoms with Gasteiger partial charge >= 0.3 is 0 Å². The van der Waals surface area contributed by atoms with Gasteiger partial charge in [-0.05, 0) is 126 Å². The number of methoxy groups -OCH3 is 4. The number of unbranched alkanes of at least 4 members (excludes halogenated alkanes) is 4. The van der Waals surface area contributed by atoms with Crippen molar-refractivity contribution in [2.45, 2.75) is 44.2 Å². The first kappa shape index (κ1) is 72.8. The molecule has 0 bridgehead atoms.